The van der Waals surface area contributed by atoms with Gasteiger partial charge in [-0.25, -0.2) is 4.39 Å². The lowest BCUT2D eigenvalue weighted by Gasteiger charge is -2.20. The van der Waals surface area contributed by atoms with Crippen molar-refractivity contribution >= 4 is 15.9 Å². The molecule has 0 aromatic heterocycles. The van der Waals surface area contributed by atoms with Gasteiger partial charge >= 0.3 is 0 Å². The van der Waals surface area contributed by atoms with Gasteiger partial charge in [-0.3, -0.25) is 0 Å². The Labute approximate surface area is 117 Å². The van der Waals surface area contributed by atoms with Crippen LogP contribution in [-0.2, 0) is 6.42 Å². The van der Waals surface area contributed by atoms with Crippen molar-refractivity contribution in [2.24, 2.45) is 5.92 Å². The molecule has 0 bridgehead atoms. The Morgan fingerprint density at radius 2 is 2.11 bits per heavy atom. The quantitative estimate of drug-likeness (QED) is 0.854. The minimum absolute atomic E-state index is 0.101. The van der Waals surface area contributed by atoms with Crippen molar-refractivity contribution in [2.45, 2.75) is 44.6 Å². The van der Waals surface area contributed by atoms with Crippen molar-refractivity contribution in [1.82, 2.24) is 5.32 Å². The van der Waals surface area contributed by atoms with E-state index in [0.29, 0.717) is 6.04 Å². The summed E-state index contributed by atoms with van der Waals surface area (Å²) in [5, 5.41) is 3.34. The molecule has 1 N–H and O–H groups in total. The maximum atomic E-state index is 13.8. The lowest BCUT2D eigenvalue weighted by atomic mass is 9.94. The van der Waals surface area contributed by atoms with E-state index in [1.165, 1.54) is 32.1 Å². The third-order valence-electron chi connectivity index (χ3n) is 3.98. The number of hydrogen-bond acceptors (Lipinski definition) is 1. The van der Waals surface area contributed by atoms with Crippen LogP contribution in [0.4, 0.5) is 4.39 Å². The fourth-order valence-corrected chi connectivity index (χ4v) is 3.24. The maximum absolute atomic E-state index is 13.8. The highest BCUT2D eigenvalue weighted by Gasteiger charge is 2.20. The van der Waals surface area contributed by atoms with Gasteiger partial charge in [-0.2, -0.15) is 0 Å². The van der Waals surface area contributed by atoms with Crippen molar-refractivity contribution in [1.29, 1.82) is 0 Å². The molecule has 0 saturated heterocycles. The summed E-state index contributed by atoms with van der Waals surface area (Å²) in [6, 6.07) is 5.75. The minimum atomic E-state index is -0.101. The second kappa shape index (κ2) is 6.67. The van der Waals surface area contributed by atoms with Gasteiger partial charge in [0.1, 0.15) is 5.82 Å². The van der Waals surface area contributed by atoms with Crippen molar-refractivity contribution in [3.8, 4) is 0 Å². The lowest BCUT2D eigenvalue weighted by Crippen LogP contribution is -2.30. The Balaban J connectivity index is 1.96. The van der Waals surface area contributed by atoms with Gasteiger partial charge in [-0.05, 0) is 43.5 Å². The van der Waals surface area contributed by atoms with Crippen LogP contribution in [0.3, 0.4) is 0 Å². The molecule has 0 radical (unpaired) electrons. The highest BCUT2D eigenvalue weighted by atomic mass is 79.9. The zero-order chi connectivity index (χ0) is 13.0. The number of nitrogens with one attached hydrogen (secondary N) is 1. The summed E-state index contributed by atoms with van der Waals surface area (Å²) in [5.74, 6) is 0.733. The minimum Gasteiger partial charge on any atom is -0.317 e. The zero-order valence-corrected chi connectivity index (χ0v) is 12.5. The largest absolute Gasteiger partial charge is 0.317 e. The molecule has 0 heterocycles. The molecule has 1 atom stereocenters. The van der Waals surface area contributed by atoms with Crippen molar-refractivity contribution in [2.75, 3.05) is 7.05 Å². The molecular weight excluding hydrogens is 293 g/mol. The zero-order valence-electron chi connectivity index (χ0n) is 10.9. The second-order valence-corrected chi connectivity index (χ2v) is 6.23. The third-order valence-corrected chi connectivity index (χ3v) is 4.48. The fraction of sp³-hybridized carbons (Fsp3) is 0.600. The van der Waals surface area contributed by atoms with Crippen LogP contribution in [0.15, 0.2) is 22.7 Å². The molecule has 3 heteroatoms. The fourth-order valence-electron chi connectivity index (χ4n) is 2.90. The Morgan fingerprint density at radius 1 is 1.39 bits per heavy atom. The highest BCUT2D eigenvalue weighted by molar-refractivity contribution is 9.10. The van der Waals surface area contributed by atoms with Crippen LogP contribution in [0.25, 0.3) is 0 Å². The highest BCUT2D eigenvalue weighted by Crippen LogP contribution is 2.29. The van der Waals surface area contributed by atoms with Crippen LogP contribution in [0.2, 0.25) is 0 Å². The van der Waals surface area contributed by atoms with E-state index in [0.717, 1.165) is 22.4 Å². The van der Waals surface area contributed by atoms with Crippen LogP contribution in [0, 0.1) is 11.7 Å². The van der Waals surface area contributed by atoms with Gasteiger partial charge in [0.2, 0.25) is 0 Å². The van der Waals surface area contributed by atoms with Crippen molar-refractivity contribution < 1.29 is 4.39 Å². The second-order valence-electron chi connectivity index (χ2n) is 5.31. The first-order valence-electron chi connectivity index (χ1n) is 6.80. The van der Waals surface area contributed by atoms with Crippen molar-refractivity contribution in [3.05, 3.63) is 34.1 Å². The average Bonchev–Trinajstić information content (AvgIpc) is 2.84. The first-order chi connectivity index (χ1) is 8.69. The van der Waals surface area contributed by atoms with E-state index in [4.69, 9.17) is 0 Å². The van der Waals surface area contributed by atoms with E-state index in [-0.39, 0.29) is 5.82 Å². The number of halogens is 2. The molecule has 1 fully saturated rings. The monoisotopic (exact) mass is 313 g/mol. The maximum Gasteiger partial charge on any atom is 0.127 e. The molecule has 18 heavy (non-hydrogen) atoms. The predicted octanol–water partition coefficient (Wildman–Crippen LogP) is 4.30. The van der Waals surface area contributed by atoms with Crippen LogP contribution in [-0.4, -0.2) is 13.1 Å². The summed E-state index contributed by atoms with van der Waals surface area (Å²) in [4.78, 5) is 0. The van der Waals surface area contributed by atoms with Gasteiger partial charge in [-0.15, -0.1) is 0 Å². The summed E-state index contributed by atoms with van der Waals surface area (Å²) in [7, 11) is 1.98. The molecule has 1 aromatic carbocycles. The Hall–Kier alpha value is -0.410. The summed E-state index contributed by atoms with van der Waals surface area (Å²) in [5.41, 5.74) is 0.815. The standard InChI is InChI=1S/C15H21BrFN/c1-18-14(8-11-4-2-3-5-11)9-12-6-7-13(16)10-15(12)17/h6-7,10-11,14,18H,2-5,8-9H2,1H3. The molecule has 1 aromatic rings. The molecule has 1 aliphatic carbocycles. The Morgan fingerprint density at radius 3 is 2.72 bits per heavy atom. The Bertz CT molecular complexity index is 388. The van der Waals surface area contributed by atoms with Gasteiger partial charge in [0.05, 0.1) is 0 Å². The van der Waals surface area contributed by atoms with Crippen LogP contribution in [0.1, 0.15) is 37.7 Å². The van der Waals surface area contributed by atoms with Gasteiger partial charge in [0, 0.05) is 10.5 Å². The number of likely N-dealkylation sites (N-methyl/N-ethyl adjacent to an activating group) is 1. The van der Waals surface area contributed by atoms with E-state index >= 15 is 0 Å². The van der Waals surface area contributed by atoms with Gasteiger partial charge in [-0.1, -0.05) is 47.7 Å². The molecule has 1 unspecified atom stereocenters. The topological polar surface area (TPSA) is 12.0 Å². The van der Waals surface area contributed by atoms with Gasteiger partial charge in [0.15, 0.2) is 0 Å². The Kier molecular flexibility index (Phi) is 5.19. The normalized spacial score (nSPS) is 18.2. The molecule has 0 spiro atoms. The van der Waals surface area contributed by atoms with Gasteiger partial charge < -0.3 is 5.32 Å². The van der Waals surface area contributed by atoms with E-state index in [2.05, 4.69) is 21.2 Å². The summed E-state index contributed by atoms with van der Waals surface area (Å²) >= 11 is 3.29. The summed E-state index contributed by atoms with van der Waals surface area (Å²) in [6.07, 6.45) is 7.39. The number of rotatable bonds is 5. The number of benzene rings is 1. The van der Waals surface area contributed by atoms with Crippen LogP contribution < -0.4 is 5.32 Å². The van der Waals surface area contributed by atoms with E-state index < -0.39 is 0 Å². The van der Waals surface area contributed by atoms with E-state index in [1.807, 2.05) is 19.2 Å². The third kappa shape index (κ3) is 3.79. The summed E-state index contributed by atoms with van der Waals surface area (Å²) in [6.45, 7) is 0. The SMILES string of the molecule is CNC(Cc1ccc(Br)cc1F)CC1CCCC1. The van der Waals surface area contributed by atoms with Crippen LogP contribution >= 0.6 is 15.9 Å². The molecule has 1 aliphatic rings. The summed E-state index contributed by atoms with van der Waals surface area (Å²) < 4.78 is 14.6. The van der Waals surface area contributed by atoms with E-state index in [1.54, 1.807) is 6.07 Å². The van der Waals surface area contributed by atoms with Crippen molar-refractivity contribution in [3.63, 3.8) is 0 Å². The predicted molar refractivity (Wildman–Crippen MR) is 77.2 cm³/mol. The van der Waals surface area contributed by atoms with Crippen LogP contribution in [0.5, 0.6) is 0 Å². The molecule has 100 valence electrons. The molecule has 1 nitrogen and oxygen atoms in total. The molecule has 2 rings (SSSR count). The average molecular weight is 314 g/mol. The van der Waals surface area contributed by atoms with Gasteiger partial charge in [0.25, 0.3) is 0 Å². The molecule has 0 amide bonds. The number of hydrogen-bond donors (Lipinski definition) is 1. The molecular formula is C15H21BrFN. The lowest BCUT2D eigenvalue weighted by molar-refractivity contribution is 0.399. The smallest absolute Gasteiger partial charge is 0.127 e. The molecule has 1 saturated carbocycles. The van der Waals surface area contributed by atoms with E-state index in [9.17, 15) is 4.39 Å². The molecule has 0 aliphatic heterocycles. The first-order valence-corrected chi connectivity index (χ1v) is 7.59. The first kappa shape index (κ1) is 14.0.